The molecule has 168 valence electrons. The Morgan fingerprint density at radius 2 is 1.94 bits per heavy atom. The van der Waals surface area contributed by atoms with E-state index in [-0.39, 0.29) is 28.2 Å². The van der Waals surface area contributed by atoms with Gasteiger partial charge in [0.25, 0.3) is 0 Å². The summed E-state index contributed by atoms with van der Waals surface area (Å²) in [5.41, 5.74) is 2.70. The summed E-state index contributed by atoms with van der Waals surface area (Å²) >= 11 is 0. The van der Waals surface area contributed by atoms with Crippen LogP contribution in [0.4, 0.5) is 5.69 Å². The smallest absolute Gasteiger partial charge is 0.317 e. The van der Waals surface area contributed by atoms with E-state index in [1.807, 2.05) is 0 Å². The largest absolute Gasteiger partial charge is 0.733 e. The fourth-order valence-electron chi connectivity index (χ4n) is 6.52. The summed E-state index contributed by atoms with van der Waals surface area (Å²) in [7, 11) is 0. The lowest BCUT2D eigenvalue weighted by Crippen LogP contribution is -2.54. The van der Waals surface area contributed by atoms with Crippen LogP contribution in [0.3, 0.4) is 0 Å². The number of nitrogens with zero attached hydrogens (tertiary/aromatic N) is 1. The van der Waals surface area contributed by atoms with Crippen LogP contribution in [0.5, 0.6) is 5.75 Å². The van der Waals surface area contributed by atoms with Crippen LogP contribution in [0.15, 0.2) is 47.6 Å². The number of allylic oxidation sites excluding steroid dienone is 4. The van der Waals surface area contributed by atoms with Gasteiger partial charge in [-0.05, 0) is 92.0 Å². The Kier molecular flexibility index (Phi) is 5.78. The number of rotatable bonds is 4. The Hall–Kier alpha value is -2.11. The first-order valence-corrected chi connectivity index (χ1v) is 11.5. The third-order valence-corrected chi connectivity index (χ3v) is 8.28. The minimum atomic E-state index is -0.527. The van der Waals surface area contributed by atoms with Gasteiger partial charge in [0.15, 0.2) is 0 Å². The van der Waals surface area contributed by atoms with E-state index in [0.29, 0.717) is 17.6 Å². The molecule has 0 spiro atoms. The highest BCUT2D eigenvalue weighted by atomic mass is 16.8. The molecule has 2 saturated carbocycles. The van der Waals surface area contributed by atoms with Crippen LogP contribution in [-0.2, 0) is 4.79 Å². The molecule has 5 nitrogen and oxygen atoms in total. The van der Waals surface area contributed by atoms with Gasteiger partial charge in [0.2, 0.25) is 0 Å². The molecule has 0 unspecified atom stereocenters. The van der Waals surface area contributed by atoms with Gasteiger partial charge >= 0.3 is 5.97 Å². The first-order chi connectivity index (χ1) is 14.6. The van der Waals surface area contributed by atoms with Gasteiger partial charge in [-0.25, -0.2) is 0 Å². The Morgan fingerprint density at radius 3 is 2.58 bits per heavy atom. The molecule has 5 heteroatoms. The summed E-state index contributed by atoms with van der Waals surface area (Å²) in [5.74, 6) is 1.57. The second kappa shape index (κ2) is 8.10. The topological polar surface area (TPSA) is 72.8 Å². The summed E-state index contributed by atoms with van der Waals surface area (Å²) in [5, 5.41) is 19.8. The van der Waals surface area contributed by atoms with Crippen molar-refractivity contribution < 1.29 is 14.7 Å². The van der Waals surface area contributed by atoms with Crippen molar-refractivity contribution in [2.75, 3.05) is 5.23 Å². The monoisotopic (exact) mass is 424 g/mol. The SMILES string of the molecule is CC(C)C1=CC[C@H]2C(=C1)CC[C@@H]1[C@]2(C)CCC[C@@]1(C)C(=O)Oc1ccc(N([O-])O)cc1. The molecular formula is C26H34NO4-. The summed E-state index contributed by atoms with van der Waals surface area (Å²) in [6.45, 7) is 9.00. The predicted octanol–water partition coefficient (Wildman–Crippen LogP) is 6.42. The Bertz CT molecular complexity index is 900. The van der Waals surface area contributed by atoms with Gasteiger partial charge in [0.1, 0.15) is 5.75 Å². The van der Waals surface area contributed by atoms with Crippen molar-refractivity contribution >= 4 is 11.7 Å². The van der Waals surface area contributed by atoms with Crippen LogP contribution in [0, 0.1) is 33.8 Å². The Labute approximate surface area is 185 Å². The number of esters is 1. The Balaban J connectivity index is 1.56. The van der Waals surface area contributed by atoms with Crippen molar-refractivity contribution in [2.24, 2.45) is 28.6 Å². The first kappa shape index (κ1) is 22.1. The lowest BCUT2D eigenvalue weighted by Gasteiger charge is -2.58. The molecular weight excluding hydrogens is 390 g/mol. The van der Waals surface area contributed by atoms with Crippen LogP contribution in [-0.4, -0.2) is 11.2 Å². The van der Waals surface area contributed by atoms with Crippen molar-refractivity contribution in [3.63, 3.8) is 0 Å². The number of hydrogen-bond donors (Lipinski definition) is 1. The van der Waals surface area contributed by atoms with E-state index in [1.165, 1.54) is 17.7 Å². The second-order valence-electron chi connectivity index (χ2n) is 10.4. The van der Waals surface area contributed by atoms with Gasteiger partial charge in [0.05, 0.1) is 11.1 Å². The molecule has 3 aliphatic rings. The summed E-state index contributed by atoms with van der Waals surface area (Å²) in [6.07, 6.45) is 11.0. The van der Waals surface area contributed by atoms with Crippen LogP contribution < -0.4 is 9.96 Å². The number of carbonyl (C=O) groups is 1. The average Bonchev–Trinajstić information content (AvgIpc) is 2.73. The van der Waals surface area contributed by atoms with E-state index in [0.717, 1.165) is 38.5 Å². The number of hydrogen-bond acceptors (Lipinski definition) is 5. The number of ether oxygens (including phenoxy) is 1. The molecule has 1 aromatic carbocycles. The zero-order chi connectivity index (χ0) is 22.4. The van der Waals surface area contributed by atoms with Crippen molar-refractivity contribution in [1.29, 1.82) is 0 Å². The third-order valence-electron chi connectivity index (χ3n) is 8.28. The molecule has 2 fully saturated rings. The Morgan fingerprint density at radius 1 is 1.23 bits per heavy atom. The fourth-order valence-corrected chi connectivity index (χ4v) is 6.52. The molecule has 0 bridgehead atoms. The summed E-state index contributed by atoms with van der Waals surface area (Å²) in [6, 6.07) is 6.00. The molecule has 0 saturated heterocycles. The van der Waals surface area contributed by atoms with Crippen molar-refractivity contribution in [3.8, 4) is 5.75 Å². The molecule has 0 heterocycles. The maximum Gasteiger partial charge on any atom is 0.317 e. The van der Waals surface area contributed by atoms with Crippen molar-refractivity contribution in [2.45, 2.75) is 66.2 Å². The van der Waals surface area contributed by atoms with Crippen molar-refractivity contribution in [1.82, 2.24) is 0 Å². The van der Waals surface area contributed by atoms with Gasteiger partial charge in [-0.3, -0.25) is 10.0 Å². The van der Waals surface area contributed by atoms with Gasteiger partial charge in [0, 0.05) is 0 Å². The van der Waals surface area contributed by atoms with Crippen LogP contribution >= 0.6 is 0 Å². The van der Waals surface area contributed by atoms with Gasteiger partial charge in [-0.2, -0.15) is 0 Å². The maximum absolute atomic E-state index is 13.4. The molecule has 0 aromatic heterocycles. The highest BCUT2D eigenvalue weighted by molar-refractivity contribution is 5.79. The van der Waals surface area contributed by atoms with E-state index in [9.17, 15) is 10.0 Å². The van der Waals surface area contributed by atoms with Crippen LogP contribution in [0.25, 0.3) is 0 Å². The number of benzene rings is 1. The number of carbonyl (C=O) groups excluding carboxylic acids is 1. The van der Waals surface area contributed by atoms with Crippen molar-refractivity contribution in [3.05, 3.63) is 52.8 Å². The molecule has 1 N–H and O–H groups in total. The highest BCUT2D eigenvalue weighted by Crippen LogP contribution is 2.63. The average molecular weight is 425 g/mol. The zero-order valence-corrected chi connectivity index (χ0v) is 19.1. The molecule has 4 rings (SSSR count). The normalized spacial score (nSPS) is 32.5. The fraction of sp³-hybridized carbons (Fsp3) is 0.577. The van der Waals surface area contributed by atoms with E-state index in [1.54, 1.807) is 17.7 Å². The van der Waals surface area contributed by atoms with Crippen LogP contribution in [0.1, 0.15) is 66.2 Å². The molecule has 3 aliphatic carbocycles. The van der Waals surface area contributed by atoms with E-state index in [4.69, 9.17) is 9.94 Å². The van der Waals surface area contributed by atoms with Gasteiger partial charge in [-0.1, -0.05) is 44.9 Å². The second-order valence-corrected chi connectivity index (χ2v) is 10.4. The summed E-state index contributed by atoms with van der Waals surface area (Å²) in [4.78, 5) is 13.4. The lowest BCUT2D eigenvalue weighted by molar-refractivity contribution is -0.161. The standard InChI is InChI=1S/C26H34NO4/c1-17(2)18-6-12-22-19(16-18)7-13-23-25(22,3)14-5-15-26(23,4)24(28)31-21-10-8-20(9-11-21)27(29)30/h6,8-11,16-17,22-23,29H,5,7,12-15H2,1-4H3/q-1/t22-,23+,25+,26+/m0/s1. The zero-order valence-electron chi connectivity index (χ0n) is 19.1. The van der Waals surface area contributed by atoms with Gasteiger partial charge < -0.3 is 15.2 Å². The van der Waals surface area contributed by atoms with E-state index in [2.05, 4.69) is 39.8 Å². The van der Waals surface area contributed by atoms with Crippen LogP contribution in [0.2, 0.25) is 0 Å². The molecule has 1 aromatic rings. The molecule has 0 amide bonds. The third kappa shape index (κ3) is 3.83. The quantitative estimate of drug-likeness (QED) is 0.343. The molecule has 31 heavy (non-hydrogen) atoms. The lowest BCUT2D eigenvalue weighted by atomic mass is 9.46. The van der Waals surface area contributed by atoms with E-state index < -0.39 is 5.41 Å². The molecule has 0 aliphatic heterocycles. The minimum absolute atomic E-state index is 0.0961. The van der Waals surface area contributed by atoms with E-state index >= 15 is 0 Å². The molecule has 4 atom stereocenters. The summed E-state index contributed by atoms with van der Waals surface area (Å²) < 4.78 is 5.80. The molecule has 0 radical (unpaired) electrons. The predicted molar refractivity (Wildman–Crippen MR) is 122 cm³/mol. The minimum Gasteiger partial charge on any atom is -0.733 e. The number of anilines is 1. The maximum atomic E-state index is 13.4. The van der Waals surface area contributed by atoms with Gasteiger partial charge in [-0.15, -0.1) is 0 Å². The number of fused-ring (bicyclic) bond motifs is 3. The first-order valence-electron chi connectivity index (χ1n) is 11.5. The highest BCUT2D eigenvalue weighted by Gasteiger charge is 2.58.